The van der Waals surface area contributed by atoms with Crippen molar-refractivity contribution in [1.29, 1.82) is 0 Å². The second kappa shape index (κ2) is 8.69. The van der Waals surface area contributed by atoms with Crippen LogP contribution in [0.2, 0.25) is 0 Å². The number of furan rings is 1. The molecule has 41 heavy (non-hydrogen) atoms. The summed E-state index contributed by atoms with van der Waals surface area (Å²) >= 11 is 1.86. The number of para-hydroxylation sites is 2. The fourth-order valence-corrected chi connectivity index (χ4v) is 7.40. The molecule has 0 saturated heterocycles. The molecular weight excluding hydrogens is 518 g/mol. The Bertz CT molecular complexity index is 2410. The van der Waals surface area contributed by atoms with Gasteiger partial charge in [-0.05, 0) is 70.8 Å². The lowest BCUT2D eigenvalue weighted by molar-refractivity contribution is 0.673. The van der Waals surface area contributed by atoms with E-state index in [0.717, 1.165) is 44.2 Å². The second-order valence-corrected chi connectivity index (χ2v) is 11.6. The van der Waals surface area contributed by atoms with Crippen LogP contribution in [0.3, 0.4) is 0 Å². The number of fused-ring (bicyclic) bond motifs is 8. The van der Waals surface area contributed by atoms with Gasteiger partial charge in [0.05, 0.1) is 5.52 Å². The molecule has 192 valence electrons. The Balaban J connectivity index is 1.13. The third-order valence-electron chi connectivity index (χ3n) is 8.22. The van der Waals surface area contributed by atoms with Gasteiger partial charge in [-0.2, -0.15) is 0 Å². The summed E-state index contributed by atoms with van der Waals surface area (Å²) < 4.78 is 11.6. The monoisotopic (exact) mass is 541 g/mol. The molecule has 0 N–H and O–H groups in total. The van der Waals surface area contributed by atoms with E-state index >= 15 is 0 Å². The topological polar surface area (TPSA) is 18.1 Å². The molecule has 0 atom stereocenters. The first kappa shape index (κ1) is 22.7. The Morgan fingerprint density at radius 3 is 1.88 bits per heavy atom. The SMILES string of the molecule is c1ccc(-n2c3ccccc3c3oc4cc(-c5ccc(-c6ccc7c(c6)sc6ccccc67)cc5)ccc4c32)cc1. The molecule has 0 bridgehead atoms. The molecule has 3 aromatic heterocycles. The van der Waals surface area contributed by atoms with Gasteiger partial charge in [0.1, 0.15) is 11.1 Å². The van der Waals surface area contributed by atoms with Crippen LogP contribution < -0.4 is 0 Å². The molecule has 0 spiro atoms. The van der Waals surface area contributed by atoms with Crippen LogP contribution in [0, 0.1) is 0 Å². The minimum Gasteiger partial charge on any atom is -0.454 e. The number of hydrogen-bond acceptors (Lipinski definition) is 2. The molecule has 3 heteroatoms. The number of nitrogens with zero attached hydrogens (tertiary/aromatic N) is 1. The van der Waals surface area contributed by atoms with Crippen LogP contribution >= 0.6 is 11.3 Å². The van der Waals surface area contributed by atoms with Crippen LogP contribution in [0.4, 0.5) is 0 Å². The average Bonchev–Trinajstić information content (AvgIpc) is 3.69. The van der Waals surface area contributed by atoms with Crippen molar-refractivity contribution in [2.45, 2.75) is 0 Å². The van der Waals surface area contributed by atoms with Gasteiger partial charge in [-0.3, -0.25) is 0 Å². The van der Waals surface area contributed by atoms with Gasteiger partial charge in [0.2, 0.25) is 0 Å². The van der Waals surface area contributed by atoms with E-state index in [1.54, 1.807) is 0 Å². The predicted molar refractivity (Wildman–Crippen MR) is 174 cm³/mol. The summed E-state index contributed by atoms with van der Waals surface area (Å²) in [7, 11) is 0. The third kappa shape index (κ3) is 3.43. The highest BCUT2D eigenvalue weighted by atomic mass is 32.1. The molecule has 9 aromatic rings. The van der Waals surface area contributed by atoms with Crippen molar-refractivity contribution in [1.82, 2.24) is 4.57 Å². The van der Waals surface area contributed by atoms with Crippen LogP contribution in [0.15, 0.2) is 144 Å². The van der Waals surface area contributed by atoms with Crippen LogP contribution in [0.5, 0.6) is 0 Å². The quantitative estimate of drug-likeness (QED) is 0.217. The molecule has 0 aliphatic heterocycles. The first-order valence-corrected chi connectivity index (χ1v) is 14.7. The highest BCUT2D eigenvalue weighted by Crippen LogP contribution is 2.40. The van der Waals surface area contributed by atoms with E-state index in [9.17, 15) is 0 Å². The molecule has 6 aromatic carbocycles. The second-order valence-electron chi connectivity index (χ2n) is 10.6. The van der Waals surface area contributed by atoms with Crippen molar-refractivity contribution in [2.24, 2.45) is 0 Å². The summed E-state index contributed by atoms with van der Waals surface area (Å²) in [4.78, 5) is 0. The van der Waals surface area contributed by atoms with Crippen LogP contribution in [0.25, 0.3) is 81.1 Å². The molecule has 3 heterocycles. The normalized spacial score (nSPS) is 11.9. The van der Waals surface area contributed by atoms with Crippen molar-refractivity contribution >= 4 is 64.5 Å². The van der Waals surface area contributed by atoms with Gasteiger partial charge in [0.25, 0.3) is 0 Å². The fraction of sp³-hybridized carbons (Fsp3) is 0. The standard InChI is InChI=1S/C38H23NOS/c1-2-8-28(9-3-1)39-33-12-6-4-11-31(33)38-37(39)32-21-19-26(22-34(32)40-38)24-14-16-25(17-15-24)27-18-20-30-29-10-5-7-13-35(29)41-36(30)23-27/h1-23H. The summed E-state index contributed by atoms with van der Waals surface area (Å²) in [5.74, 6) is 0. The summed E-state index contributed by atoms with van der Waals surface area (Å²) in [6.45, 7) is 0. The maximum atomic E-state index is 6.57. The van der Waals surface area contributed by atoms with Gasteiger partial charge < -0.3 is 8.98 Å². The summed E-state index contributed by atoms with van der Waals surface area (Å²) in [5.41, 5.74) is 10.0. The molecule has 0 aliphatic rings. The Kier molecular flexibility index (Phi) is 4.80. The van der Waals surface area contributed by atoms with Crippen molar-refractivity contribution in [3.8, 4) is 27.9 Å². The number of rotatable bonds is 3. The number of benzene rings is 6. The van der Waals surface area contributed by atoms with E-state index in [2.05, 4.69) is 144 Å². The van der Waals surface area contributed by atoms with Crippen molar-refractivity contribution in [3.63, 3.8) is 0 Å². The first-order chi connectivity index (χ1) is 20.3. The van der Waals surface area contributed by atoms with Crippen LogP contribution in [-0.2, 0) is 0 Å². The zero-order chi connectivity index (χ0) is 26.9. The van der Waals surface area contributed by atoms with Gasteiger partial charge >= 0.3 is 0 Å². The minimum atomic E-state index is 0.905. The number of thiophene rings is 1. The van der Waals surface area contributed by atoms with Crippen LogP contribution in [-0.4, -0.2) is 4.57 Å². The van der Waals surface area contributed by atoms with E-state index in [1.807, 2.05) is 11.3 Å². The highest BCUT2D eigenvalue weighted by Gasteiger charge is 2.19. The van der Waals surface area contributed by atoms with Gasteiger partial charge in [-0.1, -0.05) is 91.0 Å². The molecule has 0 unspecified atom stereocenters. The third-order valence-corrected chi connectivity index (χ3v) is 9.36. The maximum absolute atomic E-state index is 6.57. The predicted octanol–water partition coefficient (Wildman–Crippen LogP) is 11.2. The lowest BCUT2D eigenvalue weighted by Gasteiger charge is -2.08. The van der Waals surface area contributed by atoms with E-state index in [4.69, 9.17) is 4.42 Å². The molecule has 0 amide bonds. The van der Waals surface area contributed by atoms with E-state index in [0.29, 0.717) is 0 Å². The zero-order valence-corrected chi connectivity index (χ0v) is 22.9. The highest BCUT2D eigenvalue weighted by molar-refractivity contribution is 7.25. The Labute approximate surface area is 240 Å². The Hall–Kier alpha value is -5.12. The number of hydrogen-bond donors (Lipinski definition) is 0. The smallest absolute Gasteiger partial charge is 0.161 e. The average molecular weight is 542 g/mol. The molecule has 0 fully saturated rings. The van der Waals surface area contributed by atoms with Gasteiger partial charge in [-0.25, -0.2) is 0 Å². The van der Waals surface area contributed by atoms with Crippen LogP contribution in [0.1, 0.15) is 0 Å². The van der Waals surface area contributed by atoms with Gasteiger partial charge in [0, 0.05) is 36.6 Å². The van der Waals surface area contributed by atoms with Gasteiger partial charge in [0.15, 0.2) is 5.58 Å². The van der Waals surface area contributed by atoms with Crippen molar-refractivity contribution in [2.75, 3.05) is 0 Å². The number of aromatic nitrogens is 1. The molecule has 0 aliphatic carbocycles. The maximum Gasteiger partial charge on any atom is 0.161 e. The van der Waals surface area contributed by atoms with Gasteiger partial charge in [-0.15, -0.1) is 11.3 Å². The van der Waals surface area contributed by atoms with E-state index < -0.39 is 0 Å². The molecule has 0 radical (unpaired) electrons. The lowest BCUT2D eigenvalue weighted by Crippen LogP contribution is -1.92. The van der Waals surface area contributed by atoms with Crippen molar-refractivity contribution in [3.05, 3.63) is 140 Å². The molecule has 2 nitrogen and oxygen atoms in total. The Morgan fingerprint density at radius 2 is 1.07 bits per heavy atom. The fourth-order valence-electron chi connectivity index (χ4n) is 6.25. The summed E-state index contributed by atoms with van der Waals surface area (Å²) in [6.07, 6.45) is 0. The largest absolute Gasteiger partial charge is 0.454 e. The molecular formula is C38H23NOS. The summed E-state index contributed by atoms with van der Waals surface area (Å²) in [5, 5.41) is 4.92. The molecule has 0 saturated carbocycles. The zero-order valence-electron chi connectivity index (χ0n) is 22.0. The Morgan fingerprint density at radius 1 is 0.463 bits per heavy atom. The summed E-state index contributed by atoms with van der Waals surface area (Å²) in [6, 6.07) is 50.0. The first-order valence-electron chi connectivity index (χ1n) is 13.9. The van der Waals surface area contributed by atoms with Crippen molar-refractivity contribution < 1.29 is 4.42 Å². The van der Waals surface area contributed by atoms with E-state index in [1.165, 1.54) is 36.9 Å². The lowest BCUT2D eigenvalue weighted by atomic mass is 9.99. The van der Waals surface area contributed by atoms with E-state index in [-0.39, 0.29) is 0 Å². The molecule has 9 rings (SSSR count). The minimum absolute atomic E-state index is 0.905.